The number of carboxylic acid groups (broad SMARTS) is 1. The van der Waals surface area contributed by atoms with Gasteiger partial charge in [-0.25, -0.2) is 4.79 Å². The van der Waals surface area contributed by atoms with Crippen LogP contribution < -0.4 is 14.4 Å². The van der Waals surface area contributed by atoms with Crippen LogP contribution in [0.5, 0.6) is 11.5 Å². The van der Waals surface area contributed by atoms with Gasteiger partial charge in [0.15, 0.2) is 0 Å². The number of carbonyl (C=O) groups is 1. The quantitative estimate of drug-likeness (QED) is 0.0447. The van der Waals surface area contributed by atoms with E-state index in [2.05, 4.69) is 104 Å². The predicted molar refractivity (Wildman–Crippen MR) is 297 cm³/mol. The predicted octanol–water partition coefficient (Wildman–Crippen LogP) is 16.4. The fourth-order valence-corrected chi connectivity index (χ4v) is 11.9. The number of aliphatic carboxylic acids is 1. The van der Waals surface area contributed by atoms with Crippen molar-refractivity contribution in [1.29, 1.82) is 5.26 Å². The van der Waals surface area contributed by atoms with Crippen LogP contribution in [0.1, 0.15) is 94.7 Å². The average Bonchev–Trinajstić information content (AvgIpc) is 4.19. The van der Waals surface area contributed by atoms with Gasteiger partial charge >= 0.3 is 5.97 Å². The van der Waals surface area contributed by atoms with Crippen LogP contribution in [0.15, 0.2) is 139 Å². The van der Waals surface area contributed by atoms with Gasteiger partial charge in [-0.3, -0.25) is 0 Å². The summed E-state index contributed by atoms with van der Waals surface area (Å²) in [7, 11) is 3.36. The molecule has 0 saturated carbocycles. The third-order valence-electron chi connectivity index (χ3n) is 14.5. The monoisotopic (exact) mass is 1000 g/mol. The largest absolute Gasteiger partial charge is 0.497 e. The third kappa shape index (κ3) is 9.47. The second-order valence-corrected chi connectivity index (χ2v) is 19.8. The summed E-state index contributed by atoms with van der Waals surface area (Å²) in [4.78, 5) is 13.7. The first-order valence-electron chi connectivity index (χ1n) is 25.1. The van der Waals surface area contributed by atoms with E-state index in [0.29, 0.717) is 5.56 Å². The molecule has 73 heavy (non-hydrogen) atoms. The Kier molecular flexibility index (Phi) is 14.4. The molecule has 0 atom stereocenters. The number of nitrogens with zero attached hydrogens (tertiary/aromatic N) is 6. The number of unbranched alkanes of at least 4 members (excludes halogenated alkanes) is 6. The molecule has 366 valence electrons. The van der Waals surface area contributed by atoms with Gasteiger partial charge in [0.1, 0.15) is 45.2 Å². The molecule has 2 aromatic heterocycles. The Bertz CT molecular complexity index is 3460. The van der Waals surface area contributed by atoms with E-state index in [1.165, 1.54) is 90.3 Å². The Morgan fingerprint density at radius 3 is 1.48 bits per heavy atom. The van der Waals surface area contributed by atoms with Crippen LogP contribution in [0.3, 0.4) is 0 Å². The van der Waals surface area contributed by atoms with E-state index in [4.69, 9.17) is 27.0 Å². The summed E-state index contributed by atoms with van der Waals surface area (Å²) in [5, 5.41) is 18.7. The van der Waals surface area contributed by atoms with Gasteiger partial charge in [-0.2, -0.15) is 22.8 Å². The number of ether oxygens (including phenoxy) is 2. The fraction of sp³-hybridized carbons (Fsp3) is 0.246. The highest BCUT2D eigenvalue weighted by Gasteiger charge is 2.43. The van der Waals surface area contributed by atoms with Crippen molar-refractivity contribution < 1.29 is 19.4 Å². The van der Waals surface area contributed by atoms with Crippen molar-refractivity contribution in [3.05, 3.63) is 156 Å². The van der Waals surface area contributed by atoms with Crippen molar-refractivity contribution in [3.63, 3.8) is 0 Å². The number of rotatable bonds is 20. The van der Waals surface area contributed by atoms with E-state index in [0.717, 1.165) is 110 Å². The number of benzene rings is 7. The Morgan fingerprint density at radius 1 is 0.575 bits per heavy atom. The first-order valence-corrected chi connectivity index (χ1v) is 26.6. The smallest absolute Gasteiger partial charge is 0.346 e. The molecule has 0 bridgehead atoms. The van der Waals surface area contributed by atoms with Crippen molar-refractivity contribution in [1.82, 2.24) is 17.5 Å². The second-order valence-electron chi connectivity index (χ2n) is 18.8. The molecule has 12 heteroatoms. The Hall–Kier alpha value is -7.72. The van der Waals surface area contributed by atoms with Crippen LogP contribution >= 0.6 is 23.5 Å². The second kappa shape index (κ2) is 21.6. The number of aromatic nitrogens is 4. The number of hydrogen-bond acceptors (Lipinski definition) is 11. The lowest BCUT2D eigenvalue weighted by Gasteiger charge is -2.33. The molecule has 0 spiro atoms. The molecule has 0 saturated heterocycles. The lowest BCUT2D eigenvalue weighted by Crippen LogP contribution is -2.25. The number of hydrogen-bond donors (Lipinski definition) is 1. The Labute approximate surface area is 434 Å². The van der Waals surface area contributed by atoms with Crippen LogP contribution in [-0.4, -0.2) is 42.8 Å². The van der Waals surface area contributed by atoms with Crippen LogP contribution in [0.4, 0.5) is 17.1 Å². The van der Waals surface area contributed by atoms with Crippen LogP contribution in [-0.2, 0) is 10.2 Å². The highest BCUT2D eigenvalue weighted by atomic mass is 32.1. The molecular weight excluding hydrogens is 945 g/mol. The van der Waals surface area contributed by atoms with Gasteiger partial charge in [0.2, 0.25) is 0 Å². The molecule has 0 radical (unpaired) electrons. The molecule has 1 aliphatic carbocycles. The summed E-state index contributed by atoms with van der Waals surface area (Å²) in [6.45, 7) is 4.57. The molecule has 2 heterocycles. The van der Waals surface area contributed by atoms with Crippen molar-refractivity contribution in [2.75, 3.05) is 19.1 Å². The molecule has 0 amide bonds. The first-order chi connectivity index (χ1) is 35.8. The van der Waals surface area contributed by atoms with Crippen molar-refractivity contribution in [3.8, 4) is 62.1 Å². The fourth-order valence-electron chi connectivity index (χ4n) is 10.8. The minimum absolute atomic E-state index is 0.210. The third-order valence-corrected chi connectivity index (χ3v) is 15.5. The Balaban J connectivity index is 1.07. The number of anilines is 3. The summed E-state index contributed by atoms with van der Waals surface area (Å²) in [5.41, 5.74) is 17.9. The molecule has 0 fully saturated rings. The van der Waals surface area contributed by atoms with E-state index < -0.39 is 5.97 Å². The topological polar surface area (TPSA) is 134 Å². The van der Waals surface area contributed by atoms with Crippen molar-refractivity contribution >= 4 is 74.6 Å². The van der Waals surface area contributed by atoms with Gasteiger partial charge in [-0.15, -0.1) is 0 Å². The highest BCUT2D eigenvalue weighted by Crippen LogP contribution is 2.56. The van der Waals surface area contributed by atoms with Gasteiger partial charge in [-0.1, -0.05) is 126 Å². The summed E-state index contributed by atoms with van der Waals surface area (Å²) in [5.74, 6) is 0.319. The lowest BCUT2D eigenvalue weighted by molar-refractivity contribution is -0.132. The summed E-state index contributed by atoms with van der Waals surface area (Å²) < 4.78 is 30.8. The standard InChI is InChI=1S/C61H56N6O4S2/c1-5-7-9-11-33-61(34-12-10-8-6-2)53-36-41(49-30-29-48(56-57(49)64-72-63-56)40-15-13-39(14-16-40)35-43(38-62)60(68)69)17-27-51(53)52-28-18-42(37-54(52)61)50-31-32-55(59-58(50)65-73-66-59)67(44-19-23-46(70-3)24-20-44)45-21-25-47(71-4)26-22-45/h13-32,35-37H,5-12,33-34H2,1-4H3,(H,68,69)/b43-35-. The molecule has 9 aromatic rings. The maximum Gasteiger partial charge on any atom is 0.346 e. The molecule has 0 unspecified atom stereocenters. The number of carboxylic acids is 1. The van der Waals surface area contributed by atoms with Crippen molar-refractivity contribution in [2.24, 2.45) is 0 Å². The highest BCUT2D eigenvalue weighted by molar-refractivity contribution is 7.00. The van der Waals surface area contributed by atoms with E-state index in [9.17, 15) is 15.2 Å². The number of methoxy groups -OCH3 is 2. The normalized spacial score (nSPS) is 12.7. The number of fused-ring (bicyclic) bond motifs is 5. The maximum atomic E-state index is 11.5. The summed E-state index contributed by atoms with van der Waals surface area (Å²) >= 11 is 2.45. The van der Waals surface area contributed by atoms with E-state index in [1.54, 1.807) is 20.3 Å². The van der Waals surface area contributed by atoms with Gasteiger partial charge in [0.25, 0.3) is 0 Å². The minimum Gasteiger partial charge on any atom is -0.497 e. The van der Waals surface area contributed by atoms with Gasteiger partial charge in [0.05, 0.1) is 43.4 Å². The Morgan fingerprint density at radius 2 is 1.01 bits per heavy atom. The zero-order valence-corrected chi connectivity index (χ0v) is 43.2. The first kappa shape index (κ1) is 48.9. The van der Waals surface area contributed by atoms with Crippen LogP contribution in [0, 0.1) is 11.3 Å². The average molecular weight is 1000 g/mol. The van der Waals surface area contributed by atoms with Crippen LogP contribution in [0.25, 0.3) is 72.7 Å². The van der Waals surface area contributed by atoms with E-state index >= 15 is 0 Å². The van der Waals surface area contributed by atoms with Crippen LogP contribution in [0.2, 0.25) is 0 Å². The molecular formula is C61H56N6O4S2. The minimum atomic E-state index is -1.25. The van der Waals surface area contributed by atoms with E-state index in [-0.39, 0.29) is 11.0 Å². The van der Waals surface area contributed by atoms with E-state index in [1.807, 2.05) is 48.5 Å². The molecule has 1 aliphatic rings. The van der Waals surface area contributed by atoms with Crippen molar-refractivity contribution in [2.45, 2.75) is 83.5 Å². The van der Waals surface area contributed by atoms with Gasteiger partial charge in [-0.05, 0) is 136 Å². The van der Waals surface area contributed by atoms with Gasteiger partial charge < -0.3 is 19.5 Å². The molecule has 7 aromatic carbocycles. The molecule has 10 nitrogen and oxygen atoms in total. The zero-order chi connectivity index (χ0) is 50.5. The maximum absolute atomic E-state index is 11.5. The molecule has 10 rings (SSSR count). The number of nitriles is 1. The summed E-state index contributed by atoms with van der Waals surface area (Å²) in [6, 6.07) is 48.3. The summed E-state index contributed by atoms with van der Waals surface area (Å²) in [6.07, 6.45) is 12.9. The zero-order valence-electron chi connectivity index (χ0n) is 41.5. The lowest BCUT2D eigenvalue weighted by atomic mass is 9.70. The SMILES string of the molecule is CCCCCCC1(CCCCCC)c2cc(-c3ccc(-c4ccc(/C=C(/C#N)C(=O)O)cc4)c4nsnc34)ccc2-c2ccc(-c3ccc(N(c4ccc(OC)cc4)c4ccc(OC)cc4)c4nsnc34)cc21. The van der Waals surface area contributed by atoms with Gasteiger partial charge in [0, 0.05) is 33.5 Å². The molecule has 1 N–H and O–H groups in total. The molecule has 0 aliphatic heterocycles.